The van der Waals surface area contributed by atoms with Gasteiger partial charge in [-0.1, -0.05) is 25.5 Å². The molecule has 8 unspecified atom stereocenters. The minimum Gasteiger partial charge on any atom is -0.390 e. The number of hydrogen-bond acceptors (Lipinski definition) is 4. The lowest BCUT2D eigenvalue weighted by Gasteiger charge is -2.62. The molecule has 0 bridgehead atoms. The maximum Gasteiger partial charge on any atom is 0.252 e. The van der Waals surface area contributed by atoms with Crippen molar-refractivity contribution in [2.24, 2.45) is 28.6 Å². The van der Waals surface area contributed by atoms with Gasteiger partial charge in [0.15, 0.2) is 17.1 Å². The van der Waals surface area contributed by atoms with Crippen LogP contribution in [-0.2, 0) is 9.59 Å². The SMILES string of the molecule is CNC(=O)C1(O)C(C)CC2C3CCC4=CC(=O)C=CC4(C)C3(F)C(O)CC21C. The number of carbonyl (C=O) groups is 2. The van der Waals surface area contributed by atoms with Crippen LogP contribution in [-0.4, -0.2) is 46.3 Å². The summed E-state index contributed by atoms with van der Waals surface area (Å²) in [6.45, 7) is 5.43. The van der Waals surface area contributed by atoms with Crippen molar-refractivity contribution < 1.29 is 24.2 Å². The number of ketones is 1. The Balaban J connectivity index is 1.84. The number of aliphatic hydroxyl groups excluding tert-OH is 1. The van der Waals surface area contributed by atoms with Crippen molar-refractivity contribution in [3.63, 3.8) is 0 Å². The summed E-state index contributed by atoms with van der Waals surface area (Å²) in [4.78, 5) is 24.5. The van der Waals surface area contributed by atoms with E-state index >= 15 is 4.39 Å². The monoisotopic (exact) mass is 391 g/mol. The predicted octanol–water partition coefficient (Wildman–Crippen LogP) is 2.08. The molecule has 6 heteroatoms. The van der Waals surface area contributed by atoms with Gasteiger partial charge < -0.3 is 15.5 Å². The molecule has 3 N–H and O–H groups in total. The molecule has 0 aliphatic heterocycles. The van der Waals surface area contributed by atoms with Crippen molar-refractivity contribution in [2.45, 2.75) is 63.8 Å². The van der Waals surface area contributed by atoms with Crippen molar-refractivity contribution in [1.82, 2.24) is 5.32 Å². The molecule has 1 amide bonds. The highest BCUT2D eigenvalue weighted by molar-refractivity contribution is 6.01. The Hall–Kier alpha value is -1.53. The van der Waals surface area contributed by atoms with E-state index in [1.165, 1.54) is 19.2 Å². The van der Waals surface area contributed by atoms with E-state index in [-0.39, 0.29) is 24.0 Å². The van der Waals surface area contributed by atoms with Gasteiger partial charge in [-0.3, -0.25) is 9.59 Å². The molecule has 4 rings (SSSR count). The molecular formula is C22H30FNO4. The summed E-state index contributed by atoms with van der Waals surface area (Å²) in [6, 6.07) is 0. The number of fused-ring (bicyclic) bond motifs is 5. The van der Waals surface area contributed by atoms with Gasteiger partial charge in [0, 0.05) is 23.8 Å². The summed E-state index contributed by atoms with van der Waals surface area (Å²) in [5.74, 6) is -1.68. The molecule has 0 radical (unpaired) electrons. The molecule has 0 aromatic heterocycles. The molecular weight excluding hydrogens is 361 g/mol. The second-order valence-corrected chi connectivity index (χ2v) is 9.75. The van der Waals surface area contributed by atoms with E-state index in [0.717, 1.165) is 5.57 Å². The van der Waals surface area contributed by atoms with Crippen LogP contribution in [0.5, 0.6) is 0 Å². The third kappa shape index (κ3) is 1.98. The molecule has 0 heterocycles. The number of carbonyl (C=O) groups excluding carboxylic acids is 2. The van der Waals surface area contributed by atoms with Gasteiger partial charge in [-0.25, -0.2) is 4.39 Å². The third-order valence-electron chi connectivity index (χ3n) is 8.80. The van der Waals surface area contributed by atoms with Crippen molar-refractivity contribution in [3.8, 4) is 0 Å². The quantitative estimate of drug-likeness (QED) is 0.639. The van der Waals surface area contributed by atoms with E-state index in [1.807, 2.05) is 13.8 Å². The topological polar surface area (TPSA) is 86.6 Å². The summed E-state index contributed by atoms with van der Waals surface area (Å²) in [5, 5.41) is 25.2. The fourth-order valence-corrected chi connectivity index (χ4v) is 7.22. The normalized spacial score (nSPS) is 52.4. The van der Waals surface area contributed by atoms with Crippen molar-refractivity contribution in [1.29, 1.82) is 0 Å². The number of alkyl halides is 1. The number of aliphatic hydroxyl groups is 2. The largest absolute Gasteiger partial charge is 0.390 e. The number of rotatable bonds is 1. The highest BCUT2D eigenvalue weighted by atomic mass is 19.1. The standard InChI is InChI=1S/C22H30FNO4/c1-12-9-16-15-6-5-13-10-14(25)7-8-19(13,2)21(15,23)17(26)11-20(16,3)22(12,28)18(27)24-4/h7-8,10,12,15-17,26,28H,5-6,9,11H2,1-4H3,(H,24,27). The van der Waals surface area contributed by atoms with Crippen LogP contribution < -0.4 is 5.32 Å². The molecule has 4 aliphatic carbocycles. The lowest BCUT2D eigenvalue weighted by molar-refractivity contribution is -0.219. The lowest BCUT2D eigenvalue weighted by atomic mass is 9.44. The Labute approximate surface area is 165 Å². The molecule has 8 atom stereocenters. The van der Waals surface area contributed by atoms with Crippen LogP contribution in [0, 0.1) is 28.6 Å². The average Bonchev–Trinajstić information content (AvgIpc) is 2.84. The van der Waals surface area contributed by atoms with Gasteiger partial charge in [-0.15, -0.1) is 0 Å². The van der Waals surface area contributed by atoms with Crippen molar-refractivity contribution in [3.05, 3.63) is 23.8 Å². The number of likely N-dealkylation sites (N-methyl/N-ethyl adjacent to an activating group) is 1. The fourth-order valence-electron chi connectivity index (χ4n) is 7.22. The Morgan fingerprint density at radius 1 is 1.32 bits per heavy atom. The first-order valence-corrected chi connectivity index (χ1v) is 10.2. The smallest absolute Gasteiger partial charge is 0.252 e. The summed E-state index contributed by atoms with van der Waals surface area (Å²) in [5.41, 5.74) is -4.83. The van der Waals surface area contributed by atoms with Crippen LogP contribution in [0.4, 0.5) is 4.39 Å². The predicted molar refractivity (Wildman–Crippen MR) is 102 cm³/mol. The molecule has 0 saturated heterocycles. The Bertz CT molecular complexity index is 808. The maximum absolute atomic E-state index is 16.9. The highest BCUT2D eigenvalue weighted by Crippen LogP contribution is 2.70. The minimum absolute atomic E-state index is 0.00355. The molecule has 4 aliphatic rings. The number of allylic oxidation sites excluding steroid dienone is 4. The summed E-state index contributed by atoms with van der Waals surface area (Å²) < 4.78 is 16.9. The Kier molecular flexibility index (Phi) is 4.07. The zero-order chi connectivity index (χ0) is 20.7. The van der Waals surface area contributed by atoms with E-state index < -0.39 is 40.0 Å². The fraction of sp³-hybridized carbons (Fsp3) is 0.727. The van der Waals surface area contributed by atoms with E-state index in [1.54, 1.807) is 13.0 Å². The molecule has 3 fully saturated rings. The molecule has 154 valence electrons. The van der Waals surface area contributed by atoms with Gasteiger partial charge in [0.25, 0.3) is 5.91 Å². The molecule has 0 aromatic carbocycles. The van der Waals surface area contributed by atoms with Crippen LogP contribution in [0.3, 0.4) is 0 Å². The Morgan fingerprint density at radius 2 is 2.00 bits per heavy atom. The van der Waals surface area contributed by atoms with Crippen LogP contribution in [0.15, 0.2) is 23.8 Å². The first-order chi connectivity index (χ1) is 13.0. The molecule has 0 aromatic rings. The van der Waals surface area contributed by atoms with Gasteiger partial charge in [0.05, 0.1) is 6.10 Å². The van der Waals surface area contributed by atoms with E-state index in [4.69, 9.17) is 0 Å². The maximum atomic E-state index is 16.9. The number of nitrogens with one attached hydrogen (secondary N) is 1. The zero-order valence-corrected chi connectivity index (χ0v) is 17.0. The van der Waals surface area contributed by atoms with Crippen LogP contribution in [0.25, 0.3) is 0 Å². The van der Waals surface area contributed by atoms with Crippen LogP contribution in [0.1, 0.15) is 46.5 Å². The highest BCUT2D eigenvalue weighted by Gasteiger charge is 2.75. The van der Waals surface area contributed by atoms with Crippen LogP contribution >= 0.6 is 0 Å². The minimum atomic E-state index is -1.94. The van der Waals surface area contributed by atoms with Gasteiger partial charge in [-0.05, 0) is 56.6 Å². The first kappa shape index (κ1) is 19.8. The first-order valence-electron chi connectivity index (χ1n) is 10.2. The van der Waals surface area contributed by atoms with Gasteiger partial charge >= 0.3 is 0 Å². The molecule has 28 heavy (non-hydrogen) atoms. The Morgan fingerprint density at radius 3 is 2.64 bits per heavy atom. The molecule has 0 spiro atoms. The van der Waals surface area contributed by atoms with E-state index in [2.05, 4.69) is 5.32 Å². The molecule has 5 nitrogen and oxygen atoms in total. The van der Waals surface area contributed by atoms with Gasteiger partial charge in [0.2, 0.25) is 0 Å². The van der Waals surface area contributed by atoms with E-state index in [0.29, 0.717) is 19.3 Å². The van der Waals surface area contributed by atoms with Crippen LogP contribution in [0.2, 0.25) is 0 Å². The summed E-state index contributed by atoms with van der Waals surface area (Å²) >= 11 is 0. The van der Waals surface area contributed by atoms with Gasteiger partial charge in [0.1, 0.15) is 0 Å². The number of halogens is 1. The number of amides is 1. The zero-order valence-electron chi connectivity index (χ0n) is 17.0. The summed E-state index contributed by atoms with van der Waals surface area (Å²) in [7, 11) is 1.49. The second kappa shape index (κ2) is 5.76. The third-order valence-corrected chi connectivity index (χ3v) is 8.80. The average molecular weight is 391 g/mol. The molecule has 3 saturated carbocycles. The van der Waals surface area contributed by atoms with Gasteiger partial charge in [-0.2, -0.15) is 0 Å². The second-order valence-electron chi connectivity index (χ2n) is 9.75. The van der Waals surface area contributed by atoms with E-state index in [9.17, 15) is 19.8 Å². The summed E-state index contributed by atoms with van der Waals surface area (Å²) in [6.07, 6.45) is 4.78. The van der Waals surface area contributed by atoms with Crippen molar-refractivity contribution >= 4 is 11.7 Å². The van der Waals surface area contributed by atoms with Crippen molar-refractivity contribution in [2.75, 3.05) is 7.05 Å². The lowest BCUT2D eigenvalue weighted by Crippen LogP contribution is -2.70. The number of hydrogen-bond donors (Lipinski definition) is 3.